The maximum Gasteiger partial charge on any atom is 0.305 e. The Morgan fingerprint density at radius 1 is 0.375 bits per heavy atom. The lowest BCUT2D eigenvalue weighted by molar-refractivity contribution is -0.143. The number of hydrogen-bond donors (Lipinski definition) is 3. The van der Waals surface area contributed by atoms with Gasteiger partial charge in [0.05, 0.1) is 25.4 Å². The van der Waals surface area contributed by atoms with Gasteiger partial charge in [0.2, 0.25) is 5.91 Å². The number of aliphatic hydroxyl groups excluding tert-OH is 2. The Bertz CT molecular complexity index is 913. The molecule has 3 N–H and O–H groups in total. The lowest BCUT2D eigenvalue weighted by Crippen LogP contribution is -2.45. The van der Waals surface area contributed by atoms with E-state index in [9.17, 15) is 19.8 Å². The normalized spacial score (nSPS) is 12.5. The van der Waals surface area contributed by atoms with Crippen LogP contribution >= 0.6 is 0 Å². The summed E-state index contributed by atoms with van der Waals surface area (Å²) in [7, 11) is 0. The first-order chi connectivity index (χ1) is 31.5. The fourth-order valence-electron chi connectivity index (χ4n) is 9.41. The van der Waals surface area contributed by atoms with E-state index in [4.69, 9.17) is 4.74 Å². The van der Waals surface area contributed by atoms with Crippen molar-refractivity contribution < 1.29 is 24.5 Å². The monoisotopic (exact) mass is 906 g/mol. The molecule has 382 valence electrons. The SMILES string of the molecule is CCCCCCCCCCCCCCCCCCCCCCCC(O)C(CO)NC(=O)CCCCCCCCCCCCCCCOC(=O)CCCCCCCCCCCCCCC. The third kappa shape index (κ3) is 50.3. The van der Waals surface area contributed by atoms with Crippen molar-refractivity contribution in [2.24, 2.45) is 0 Å². The summed E-state index contributed by atoms with van der Waals surface area (Å²) >= 11 is 0. The van der Waals surface area contributed by atoms with Crippen LogP contribution in [-0.2, 0) is 14.3 Å². The predicted molar refractivity (Wildman–Crippen MR) is 278 cm³/mol. The van der Waals surface area contributed by atoms with E-state index in [1.165, 1.54) is 250 Å². The summed E-state index contributed by atoms with van der Waals surface area (Å²) in [4.78, 5) is 24.5. The topological polar surface area (TPSA) is 95.9 Å². The van der Waals surface area contributed by atoms with Gasteiger partial charge in [0, 0.05) is 12.8 Å². The summed E-state index contributed by atoms with van der Waals surface area (Å²) in [6.45, 7) is 4.96. The zero-order chi connectivity index (χ0) is 46.5. The standard InChI is InChI=1S/C58H115NO5/c1-3-5-7-9-11-13-15-17-18-19-20-21-22-23-24-27-30-34-38-42-46-50-56(61)55(54-60)59-57(62)51-47-43-39-35-31-28-25-29-33-37-41-45-49-53-64-58(63)52-48-44-40-36-32-26-16-14-12-10-8-6-4-2/h55-56,60-61H,3-54H2,1-2H3,(H,59,62). The Morgan fingerprint density at radius 2 is 0.641 bits per heavy atom. The molecule has 0 fully saturated rings. The molecule has 2 atom stereocenters. The minimum Gasteiger partial charge on any atom is -0.466 e. The van der Waals surface area contributed by atoms with Crippen molar-refractivity contribution in [2.45, 2.75) is 347 Å². The number of amides is 1. The van der Waals surface area contributed by atoms with Gasteiger partial charge in [0.25, 0.3) is 0 Å². The van der Waals surface area contributed by atoms with Gasteiger partial charge in [-0.2, -0.15) is 0 Å². The molecule has 64 heavy (non-hydrogen) atoms. The molecule has 0 bridgehead atoms. The van der Waals surface area contributed by atoms with Crippen LogP contribution in [0.1, 0.15) is 335 Å². The summed E-state index contributed by atoms with van der Waals surface area (Å²) in [5.41, 5.74) is 0. The van der Waals surface area contributed by atoms with Gasteiger partial charge in [-0.1, -0.05) is 296 Å². The van der Waals surface area contributed by atoms with Crippen molar-refractivity contribution in [1.82, 2.24) is 5.32 Å². The molecule has 0 radical (unpaired) electrons. The van der Waals surface area contributed by atoms with Crippen molar-refractivity contribution in [2.75, 3.05) is 13.2 Å². The summed E-state index contributed by atoms with van der Waals surface area (Å²) in [6, 6.07) is -0.550. The molecule has 2 unspecified atom stereocenters. The van der Waals surface area contributed by atoms with Crippen LogP contribution in [0.3, 0.4) is 0 Å². The molecule has 0 aromatic rings. The Balaban J connectivity index is 3.43. The largest absolute Gasteiger partial charge is 0.466 e. The highest BCUT2D eigenvalue weighted by molar-refractivity contribution is 5.76. The number of ether oxygens (including phenoxy) is 1. The van der Waals surface area contributed by atoms with Gasteiger partial charge >= 0.3 is 5.97 Å². The molecule has 6 heteroatoms. The van der Waals surface area contributed by atoms with Crippen LogP contribution in [0.5, 0.6) is 0 Å². The molecule has 0 aromatic heterocycles. The Morgan fingerprint density at radius 3 is 0.953 bits per heavy atom. The first kappa shape index (κ1) is 62.9. The summed E-state index contributed by atoms with van der Waals surface area (Å²) < 4.78 is 5.47. The Hall–Kier alpha value is -1.14. The van der Waals surface area contributed by atoms with Crippen LogP contribution in [0.25, 0.3) is 0 Å². The number of carbonyl (C=O) groups excluding carboxylic acids is 2. The van der Waals surface area contributed by atoms with E-state index in [0.29, 0.717) is 25.9 Å². The number of esters is 1. The average Bonchev–Trinajstić information content (AvgIpc) is 3.29. The number of unbranched alkanes of at least 4 members (excludes halogenated alkanes) is 44. The van der Waals surface area contributed by atoms with Gasteiger partial charge in [-0.15, -0.1) is 0 Å². The summed E-state index contributed by atoms with van der Waals surface area (Å²) in [6.07, 6.45) is 62.3. The number of aliphatic hydroxyl groups is 2. The van der Waals surface area contributed by atoms with Gasteiger partial charge < -0.3 is 20.3 Å². The van der Waals surface area contributed by atoms with E-state index in [1.807, 2.05) is 0 Å². The van der Waals surface area contributed by atoms with E-state index in [2.05, 4.69) is 19.2 Å². The molecule has 0 spiro atoms. The lowest BCUT2D eigenvalue weighted by atomic mass is 10.0. The van der Waals surface area contributed by atoms with E-state index >= 15 is 0 Å². The third-order valence-corrected chi connectivity index (χ3v) is 13.9. The number of hydrogen-bond acceptors (Lipinski definition) is 5. The minimum absolute atomic E-state index is 0.00254. The minimum atomic E-state index is -0.672. The Kier molecular flexibility index (Phi) is 53.5. The average molecular weight is 907 g/mol. The van der Waals surface area contributed by atoms with Gasteiger partial charge in [-0.05, 0) is 25.7 Å². The van der Waals surface area contributed by atoms with Crippen LogP contribution in [0.2, 0.25) is 0 Å². The molecule has 0 saturated carbocycles. The smallest absolute Gasteiger partial charge is 0.305 e. The van der Waals surface area contributed by atoms with Crippen molar-refractivity contribution >= 4 is 11.9 Å². The maximum absolute atomic E-state index is 12.5. The Labute approximate surface area is 400 Å². The number of nitrogens with one attached hydrogen (secondary N) is 1. The van der Waals surface area contributed by atoms with Crippen molar-refractivity contribution in [1.29, 1.82) is 0 Å². The molecule has 0 aromatic carbocycles. The molecule has 0 aliphatic heterocycles. The maximum atomic E-state index is 12.5. The highest BCUT2D eigenvalue weighted by Gasteiger charge is 2.20. The first-order valence-electron chi connectivity index (χ1n) is 29.3. The van der Waals surface area contributed by atoms with Crippen LogP contribution in [0, 0.1) is 0 Å². The summed E-state index contributed by atoms with van der Waals surface area (Å²) in [5, 5.41) is 23.3. The first-order valence-corrected chi connectivity index (χ1v) is 29.3. The highest BCUT2D eigenvalue weighted by atomic mass is 16.5. The van der Waals surface area contributed by atoms with E-state index < -0.39 is 12.1 Å². The molecule has 0 aliphatic rings. The zero-order valence-electron chi connectivity index (χ0n) is 43.5. The number of carbonyl (C=O) groups is 2. The molecule has 6 nitrogen and oxygen atoms in total. The van der Waals surface area contributed by atoms with Crippen LogP contribution < -0.4 is 5.32 Å². The zero-order valence-corrected chi connectivity index (χ0v) is 43.5. The van der Waals surface area contributed by atoms with Crippen LogP contribution in [-0.4, -0.2) is 47.4 Å². The molecular weight excluding hydrogens is 791 g/mol. The van der Waals surface area contributed by atoms with Crippen LogP contribution in [0.15, 0.2) is 0 Å². The fraction of sp³-hybridized carbons (Fsp3) is 0.966. The van der Waals surface area contributed by atoms with Crippen molar-refractivity contribution in [3.8, 4) is 0 Å². The fourth-order valence-corrected chi connectivity index (χ4v) is 9.41. The van der Waals surface area contributed by atoms with Crippen molar-refractivity contribution in [3.05, 3.63) is 0 Å². The molecular formula is C58H115NO5. The highest BCUT2D eigenvalue weighted by Crippen LogP contribution is 2.18. The molecule has 0 saturated heterocycles. The quantitative estimate of drug-likeness (QED) is 0.0417. The second kappa shape index (κ2) is 54.5. The second-order valence-electron chi connectivity index (χ2n) is 20.3. The predicted octanol–water partition coefficient (Wildman–Crippen LogP) is 17.9. The van der Waals surface area contributed by atoms with Crippen LogP contribution in [0.4, 0.5) is 0 Å². The molecule has 1 amide bonds. The lowest BCUT2D eigenvalue weighted by Gasteiger charge is -2.22. The van der Waals surface area contributed by atoms with Gasteiger partial charge in [0.1, 0.15) is 0 Å². The third-order valence-electron chi connectivity index (χ3n) is 13.9. The van der Waals surface area contributed by atoms with Gasteiger partial charge in [-0.25, -0.2) is 0 Å². The molecule has 0 aliphatic carbocycles. The number of rotatable bonds is 55. The molecule has 0 rings (SSSR count). The second-order valence-corrected chi connectivity index (χ2v) is 20.3. The summed E-state index contributed by atoms with van der Waals surface area (Å²) in [5.74, 6) is -0.0459. The van der Waals surface area contributed by atoms with Gasteiger partial charge in [0.15, 0.2) is 0 Å². The van der Waals surface area contributed by atoms with E-state index in [-0.39, 0.29) is 18.5 Å². The van der Waals surface area contributed by atoms with E-state index in [1.54, 1.807) is 0 Å². The van der Waals surface area contributed by atoms with E-state index in [0.717, 1.165) is 51.4 Å². The molecule has 0 heterocycles. The van der Waals surface area contributed by atoms with Crippen molar-refractivity contribution in [3.63, 3.8) is 0 Å². The van der Waals surface area contributed by atoms with Gasteiger partial charge in [-0.3, -0.25) is 9.59 Å².